The number of carbonyl (C=O) groups is 1. The summed E-state index contributed by atoms with van der Waals surface area (Å²) in [5.74, 6) is -0.00484. The molecule has 0 saturated carbocycles. The number of hydrogen-bond acceptors (Lipinski definition) is 4. The molecule has 3 N–H and O–H groups in total. The van der Waals surface area contributed by atoms with Crippen LogP contribution in [0.3, 0.4) is 0 Å². The quantitative estimate of drug-likeness (QED) is 0.724. The Kier molecular flexibility index (Phi) is 4.16. The molecule has 27 heavy (non-hydrogen) atoms. The minimum Gasteiger partial charge on any atom is -0.366 e. The third-order valence-electron chi connectivity index (χ3n) is 4.41. The van der Waals surface area contributed by atoms with E-state index < -0.39 is 11.9 Å². The summed E-state index contributed by atoms with van der Waals surface area (Å²) < 4.78 is 15.0. The van der Waals surface area contributed by atoms with E-state index in [4.69, 9.17) is 17.3 Å². The van der Waals surface area contributed by atoms with Crippen molar-refractivity contribution in [1.82, 2.24) is 14.8 Å². The lowest BCUT2D eigenvalue weighted by molar-refractivity contribution is -0.115. The Morgan fingerprint density at radius 3 is 2.48 bits per heavy atom. The van der Waals surface area contributed by atoms with Gasteiger partial charge in [0, 0.05) is 16.3 Å². The minimum atomic E-state index is -0.604. The van der Waals surface area contributed by atoms with Crippen LogP contribution in [0.4, 0.5) is 10.3 Å². The Morgan fingerprint density at radius 1 is 1.19 bits per heavy atom. The van der Waals surface area contributed by atoms with Crippen molar-refractivity contribution in [3.63, 3.8) is 0 Å². The molecular weight excluding hydrogens is 369 g/mol. The van der Waals surface area contributed by atoms with Gasteiger partial charge in [-0.15, -0.1) is 5.10 Å². The highest BCUT2D eigenvalue weighted by atomic mass is 35.5. The van der Waals surface area contributed by atoms with E-state index in [0.717, 1.165) is 5.56 Å². The summed E-state index contributed by atoms with van der Waals surface area (Å²) in [6.07, 6.45) is 0. The van der Waals surface area contributed by atoms with Gasteiger partial charge in [0.25, 0.3) is 0 Å². The number of rotatable bonds is 3. The van der Waals surface area contributed by atoms with E-state index in [9.17, 15) is 9.18 Å². The highest BCUT2D eigenvalue weighted by Crippen LogP contribution is 2.36. The number of hydrogen-bond donors (Lipinski definition) is 2. The van der Waals surface area contributed by atoms with Gasteiger partial charge in [0.1, 0.15) is 11.9 Å². The Hall–Kier alpha value is -3.19. The van der Waals surface area contributed by atoms with Gasteiger partial charge in [-0.05, 0) is 48.9 Å². The van der Waals surface area contributed by atoms with Gasteiger partial charge >= 0.3 is 0 Å². The van der Waals surface area contributed by atoms with Gasteiger partial charge < -0.3 is 11.1 Å². The van der Waals surface area contributed by atoms with E-state index in [1.807, 2.05) is 12.1 Å². The molecule has 1 amide bonds. The van der Waals surface area contributed by atoms with Crippen LogP contribution in [0, 0.1) is 5.82 Å². The minimum absolute atomic E-state index is 0.349. The van der Waals surface area contributed by atoms with Crippen LogP contribution in [0.5, 0.6) is 0 Å². The maximum absolute atomic E-state index is 13.4. The van der Waals surface area contributed by atoms with Crippen molar-refractivity contribution in [2.45, 2.75) is 13.0 Å². The van der Waals surface area contributed by atoms with E-state index in [-0.39, 0.29) is 5.82 Å². The zero-order valence-electron chi connectivity index (χ0n) is 14.3. The number of amides is 1. The Morgan fingerprint density at radius 2 is 1.85 bits per heavy atom. The summed E-state index contributed by atoms with van der Waals surface area (Å²) in [6.45, 7) is 1.75. The normalized spacial score (nSPS) is 16.0. The lowest BCUT2D eigenvalue weighted by Gasteiger charge is -2.27. The number of nitrogens with one attached hydrogen (secondary N) is 1. The van der Waals surface area contributed by atoms with Crippen molar-refractivity contribution in [2.24, 2.45) is 5.73 Å². The average Bonchev–Trinajstić information content (AvgIpc) is 3.05. The number of nitrogens with two attached hydrogens (primary N) is 1. The number of fused-ring (bicyclic) bond motifs is 1. The van der Waals surface area contributed by atoms with Crippen LogP contribution in [-0.2, 0) is 4.79 Å². The SMILES string of the molecule is CC1=C(C(N)=O)C(c2ccc(F)cc2)n2nc(-c3ccc(Cl)cc3)nc2N1. The van der Waals surface area contributed by atoms with Crippen molar-refractivity contribution in [3.05, 3.63) is 76.2 Å². The van der Waals surface area contributed by atoms with Gasteiger partial charge in [0.05, 0.1) is 5.57 Å². The van der Waals surface area contributed by atoms with Crippen molar-refractivity contribution in [2.75, 3.05) is 5.32 Å². The average molecular weight is 384 g/mol. The summed E-state index contributed by atoms with van der Waals surface area (Å²) in [5.41, 5.74) is 8.01. The van der Waals surface area contributed by atoms with E-state index in [2.05, 4.69) is 15.4 Å². The summed E-state index contributed by atoms with van der Waals surface area (Å²) in [5, 5.41) is 8.24. The fourth-order valence-electron chi connectivity index (χ4n) is 3.14. The monoisotopic (exact) mass is 383 g/mol. The molecule has 1 aliphatic rings. The number of primary amides is 1. The molecule has 0 radical (unpaired) electrons. The van der Waals surface area contributed by atoms with Gasteiger partial charge in [-0.2, -0.15) is 4.98 Å². The van der Waals surface area contributed by atoms with Crippen LogP contribution in [-0.4, -0.2) is 20.7 Å². The Labute approximate surface area is 159 Å². The largest absolute Gasteiger partial charge is 0.366 e. The van der Waals surface area contributed by atoms with Crippen molar-refractivity contribution < 1.29 is 9.18 Å². The second-order valence-electron chi connectivity index (χ2n) is 6.19. The number of anilines is 1. The topological polar surface area (TPSA) is 85.8 Å². The van der Waals surface area contributed by atoms with E-state index >= 15 is 0 Å². The molecule has 1 unspecified atom stereocenters. The van der Waals surface area contributed by atoms with Crippen LogP contribution in [0.2, 0.25) is 5.02 Å². The summed E-state index contributed by atoms with van der Waals surface area (Å²) in [7, 11) is 0. The first-order valence-corrected chi connectivity index (χ1v) is 8.57. The Balaban J connectivity index is 1.87. The molecule has 0 aliphatic carbocycles. The van der Waals surface area contributed by atoms with Gasteiger partial charge in [0.2, 0.25) is 11.9 Å². The molecular formula is C19H15ClFN5O. The van der Waals surface area contributed by atoms with E-state index in [1.165, 1.54) is 12.1 Å². The molecule has 2 aromatic carbocycles. The number of nitrogens with zero attached hydrogens (tertiary/aromatic N) is 3. The van der Waals surface area contributed by atoms with E-state index in [1.54, 1.807) is 35.9 Å². The molecule has 8 heteroatoms. The maximum Gasteiger partial charge on any atom is 0.248 e. The zero-order chi connectivity index (χ0) is 19.1. The number of carbonyl (C=O) groups excluding carboxylic acids is 1. The van der Waals surface area contributed by atoms with Gasteiger partial charge in [-0.3, -0.25) is 4.79 Å². The highest BCUT2D eigenvalue weighted by molar-refractivity contribution is 6.30. The summed E-state index contributed by atoms with van der Waals surface area (Å²) in [4.78, 5) is 16.6. The molecule has 0 spiro atoms. The zero-order valence-corrected chi connectivity index (χ0v) is 15.0. The molecule has 0 bridgehead atoms. The number of halogens is 2. The lowest BCUT2D eigenvalue weighted by atomic mass is 9.95. The molecule has 136 valence electrons. The first-order valence-electron chi connectivity index (χ1n) is 8.19. The highest BCUT2D eigenvalue weighted by Gasteiger charge is 2.33. The third-order valence-corrected chi connectivity index (χ3v) is 4.66. The molecule has 3 aromatic rings. The Bertz CT molecular complexity index is 1060. The van der Waals surface area contributed by atoms with Crippen molar-refractivity contribution >= 4 is 23.5 Å². The van der Waals surface area contributed by atoms with Crippen molar-refractivity contribution in [1.29, 1.82) is 0 Å². The molecule has 0 fully saturated rings. The molecule has 0 saturated heterocycles. The van der Waals surface area contributed by atoms with Crippen LogP contribution >= 0.6 is 11.6 Å². The second-order valence-corrected chi connectivity index (χ2v) is 6.63. The predicted octanol–water partition coefficient (Wildman–Crippen LogP) is 3.51. The van der Waals surface area contributed by atoms with Crippen LogP contribution < -0.4 is 11.1 Å². The smallest absolute Gasteiger partial charge is 0.248 e. The molecule has 1 aromatic heterocycles. The first-order chi connectivity index (χ1) is 12.9. The number of aromatic nitrogens is 3. The van der Waals surface area contributed by atoms with Gasteiger partial charge in [-0.25, -0.2) is 9.07 Å². The second kappa shape index (κ2) is 6.51. The third kappa shape index (κ3) is 3.06. The standard InChI is InChI=1S/C19H15ClFN5O/c1-10-15(17(22)27)16(11-4-8-14(21)9-5-11)26-19(23-10)24-18(25-26)12-2-6-13(20)7-3-12/h2-9,16H,1H3,(H2,22,27)(H,23,24,25). The number of benzene rings is 2. The summed E-state index contributed by atoms with van der Waals surface area (Å²) in [6, 6.07) is 12.4. The van der Waals surface area contributed by atoms with Gasteiger partial charge in [-0.1, -0.05) is 23.7 Å². The maximum atomic E-state index is 13.4. The summed E-state index contributed by atoms with van der Waals surface area (Å²) >= 11 is 5.94. The van der Waals surface area contributed by atoms with Gasteiger partial charge in [0.15, 0.2) is 5.82 Å². The number of allylic oxidation sites excluding steroid dienone is 1. The molecule has 4 rings (SSSR count). The molecule has 1 aliphatic heterocycles. The fourth-order valence-corrected chi connectivity index (χ4v) is 3.27. The van der Waals surface area contributed by atoms with Crippen LogP contribution in [0.15, 0.2) is 59.8 Å². The first kappa shape index (κ1) is 17.2. The van der Waals surface area contributed by atoms with Crippen LogP contribution in [0.1, 0.15) is 18.5 Å². The van der Waals surface area contributed by atoms with E-state index in [0.29, 0.717) is 33.6 Å². The van der Waals surface area contributed by atoms with Crippen molar-refractivity contribution in [3.8, 4) is 11.4 Å². The predicted molar refractivity (Wildman–Crippen MR) is 101 cm³/mol. The van der Waals surface area contributed by atoms with Crippen LogP contribution in [0.25, 0.3) is 11.4 Å². The molecule has 1 atom stereocenters. The molecule has 2 heterocycles. The fraction of sp³-hybridized carbons (Fsp3) is 0.105. The lowest BCUT2D eigenvalue weighted by Crippen LogP contribution is -2.31. The molecule has 6 nitrogen and oxygen atoms in total.